The van der Waals surface area contributed by atoms with E-state index in [-0.39, 0.29) is 6.42 Å². The third kappa shape index (κ3) is 3.06. The van der Waals surface area contributed by atoms with Crippen LogP contribution in [0.1, 0.15) is 12.0 Å². The van der Waals surface area contributed by atoms with E-state index in [1.54, 1.807) is 12.1 Å². The van der Waals surface area contributed by atoms with Gasteiger partial charge in [-0.15, -0.1) is 0 Å². The minimum absolute atomic E-state index is 0.0505. The number of pyridine rings is 1. The summed E-state index contributed by atoms with van der Waals surface area (Å²) in [5.41, 5.74) is 6.60. The SMILES string of the molecule is Nc1cnc(Cl)c(C=CCC(=O)O)c1. The van der Waals surface area contributed by atoms with Crippen molar-refractivity contribution in [2.24, 2.45) is 0 Å². The number of nitrogens with zero attached hydrogens (tertiary/aromatic N) is 1. The Morgan fingerprint density at radius 1 is 1.71 bits per heavy atom. The van der Waals surface area contributed by atoms with Crippen molar-refractivity contribution >= 4 is 29.3 Å². The largest absolute Gasteiger partial charge is 0.481 e. The van der Waals surface area contributed by atoms with Gasteiger partial charge in [0, 0.05) is 5.56 Å². The molecule has 0 aliphatic carbocycles. The molecule has 0 saturated carbocycles. The van der Waals surface area contributed by atoms with Crippen LogP contribution in [0.15, 0.2) is 18.3 Å². The maximum absolute atomic E-state index is 10.2. The molecule has 5 heteroatoms. The molecule has 0 radical (unpaired) electrons. The van der Waals surface area contributed by atoms with Crippen molar-refractivity contribution in [3.63, 3.8) is 0 Å². The van der Waals surface area contributed by atoms with E-state index in [1.165, 1.54) is 12.3 Å². The highest BCUT2D eigenvalue weighted by Gasteiger charge is 1.98. The summed E-state index contributed by atoms with van der Waals surface area (Å²) in [7, 11) is 0. The molecule has 0 amide bonds. The molecule has 0 unspecified atom stereocenters. The lowest BCUT2D eigenvalue weighted by atomic mass is 10.2. The molecule has 0 aliphatic heterocycles. The minimum Gasteiger partial charge on any atom is -0.481 e. The van der Waals surface area contributed by atoms with Crippen molar-refractivity contribution in [3.8, 4) is 0 Å². The first-order valence-electron chi connectivity index (χ1n) is 3.89. The number of nitrogens with two attached hydrogens (primary N) is 1. The molecule has 1 heterocycles. The first-order chi connectivity index (χ1) is 6.59. The van der Waals surface area contributed by atoms with Gasteiger partial charge in [0.2, 0.25) is 0 Å². The van der Waals surface area contributed by atoms with E-state index >= 15 is 0 Å². The number of nitrogen functional groups attached to an aromatic ring is 1. The Morgan fingerprint density at radius 2 is 2.43 bits per heavy atom. The molecule has 0 atom stereocenters. The topological polar surface area (TPSA) is 76.2 Å². The summed E-state index contributed by atoms with van der Waals surface area (Å²) in [6.07, 6.45) is 4.46. The average molecular weight is 213 g/mol. The summed E-state index contributed by atoms with van der Waals surface area (Å²) < 4.78 is 0. The summed E-state index contributed by atoms with van der Waals surface area (Å²) in [5, 5.41) is 8.70. The van der Waals surface area contributed by atoms with Gasteiger partial charge in [-0.1, -0.05) is 23.8 Å². The zero-order chi connectivity index (χ0) is 10.6. The molecule has 3 N–H and O–H groups in total. The molecular formula is C9H9ClN2O2. The Hall–Kier alpha value is -1.55. The third-order valence-electron chi connectivity index (χ3n) is 1.48. The fraction of sp³-hybridized carbons (Fsp3) is 0.111. The summed E-state index contributed by atoms with van der Waals surface area (Å²) >= 11 is 5.75. The summed E-state index contributed by atoms with van der Waals surface area (Å²) in [4.78, 5) is 14.0. The third-order valence-corrected chi connectivity index (χ3v) is 1.79. The van der Waals surface area contributed by atoms with Crippen LogP contribution in [-0.2, 0) is 4.79 Å². The summed E-state index contributed by atoms with van der Waals surface area (Å²) in [6, 6.07) is 1.63. The standard InChI is InChI=1S/C9H9ClN2O2/c10-9-6(2-1-3-8(13)14)4-7(11)5-12-9/h1-2,4-5H,3,11H2,(H,13,14). The molecule has 4 nitrogen and oxygen atoms in total. The molecule has 0 saturated heterocycles. The smallest absolute Gasteiger partial charge is 0.307 e. The maximum atomic E-state index is 10.2. The van der Waals surface area contributed by atoms with Crippen LogP contribution in [0.2, 0.25) is 5.15 Å². The Labute approximate surface area is 86.0 Å². The van der Waals surface area contributed by atoms with Gasteiger partial charge in [0.1, 0.15) is 5.15 Å². The molecular weight excluding hydrogens is 204 g/mol. The lowest BCUT2D eigenvalue weighted by Gasteiger charge is -1.98. The molecule has 0 aromatic carbocycles. The number of hydrogen-bond acceptors (Lipinski definition) is 3. The van der Waals surface area contributed by atoms with E-state index in [1.807, 2.05) is 0 Å². The number of aromatic nitrogens is 1. The Balaban J connectivity index is 2.80. The average Bonchev–Trinajstić information content (AvgIpc) is 2.10. The number of rotatable bonds is 3. The minimum atomic E-state index is -0.894. The van der Waals surface area contributed by atoms with E-state index < -0.39 is 5.97 Å². The number of anilines is 1. The van der Waals surface area contributed by atoms with Crippen LogP contribution in [0, 0.1) is 0 Å². The first-order valence-corrected chi connectivity index (χ1v) is 4.26. The monoisotopic (exact) mass is 212 g/mol. The normalized spacial score (nSPS) is 10.6. The van der Waals surface area contributed by atoms with Crippen molar-refractivity contribution in [2.75, 3.05) is 5.73 Å². The highest BCUT2D eigenvalue weighted by molar-refractivity contribution is 6.30. The molecule has 14 heavy (non-hydrogen) atoms. The van der Waals surface area contributed by atoms with Crippen LogP contribution in [0.5, 0.6) is 0 Å². The molecule has 74 valence electrons. The molecule has 1 aromatic heterocycles. The highest BCUT2D eigenvalue weighted by Crippen LogP contribution is 2.17. The van der Waals surface area contributed by atoms with Crippen molar-refractivity contribution < 1.29 is 9.90 Å². The van der Waals surface area contributed by atoms with Crippen LogP contribution >= 0.6 is 11.6 Å². The van der Waals surface area contributed by atoms with Gasteiger partial charge in [0.15, 0.2) is 0 Å². The molecule has 0 aliphatic rings. The van der Waals surface area contributed by atoms with Gasteiger partial charge in [0.05, 0.1) is 18.3 Å². The maximum Gasteiger partial charge on any atom is 0.307 e. The van der Waals surface area contributed by atoms with Gasteiger partial charge in [-0.25, -0.2) is 4.98 Å². The van der Waals surface area contributed by atoms with Crippen molar-refractivity contribution in [2.45, 2.75) is 6.42 Å². The number of carboxylic acids is 1. The van der Waals surface area contributed by atoms with E-state index in [0.717, 1.165) is 0 Å². The van der Waals surface area contributed by atoms with E-state index in [9.17, 15) is 4.79 Å². The summed E-state index contributed by atoms with van der Waals surface area (Å²) in [5.74, 6) is -0.894. The van der Waals surface area contributed by atoms with Crippen LogP contribution in [0.25, 0.3) is 6.08 Å². The Kier molecular flexibility index (Phi) is 3.48. The van der Waals surface area contributed by atoms with Crippen LogP contribution < -0.4 is 5.73 Å². The quantitative estimate of drug-likeness (QED) is 0.750. The molecule has 0 fully saturated rings. The molecule has 1 rings (SSSR count). The number of carbonyl (C=O) groups is 1. The van der Waals surface area contributed by atoms with Gasteiger partial charge in [0.25, 0.3) is 0 Å². The van der Waals surface area contributed by atoms with Crippen LogP contribution in [0.3, 0.4) is 0 Å². The Morgan fingerprint density at radius 3 is 3.07 bits per heavy atom. The van der Waals surface area contributed by atoms with Gasteiger partial charge >= 0.3 is 5.97 Å². The fourth-order valence-electron chi connectivity index (χ4n) is 0.886. The lowest BCUT2D eigenvalue weighted by molar-refractivity contribution is -0.135. The highest BCUT2D eigenvalue weighted by atomic mass is 35.5. The molecule has 0 bridgehead atoms. The second kappa shape index (κ2) is 4.62. The van der Waals surface area contributed by atoms with Gasteiger partial charge in [-0.05, 0) is 6.07 Å². The lowest BCUT2D eigenvalue weighted by Crippen LogP contribution is -1.91. The van der Waals surface area contributed by atoms with Crippen LogP contribution in [0.4, 0.5) is 5.69 Å². The second-order valence-corrected chi connectivity index (χ2v) is 3.01. The predicted octanol–water partition coefficient (Wildman–Crippen LogP) is 1.81. The summed E-state index contributed by atoms with van der Waals surface area (Å²) in [6.45, 7) is 0. The number of aliphatic carboxylic acids is 1. The van der Waals surface area contributed by atoms with Gasteiger partial charge in [-0.2, -0.15) is 0 Å². The number of hydrogen-bond donors (Lipinski definition) is 2. The van der Waals surface area contributed by atoms with Gasteiger partial charge < -0.3 is 10.8 Å². The fourth-order valence-corrected chi connectivity index (χ4v) is 1.05. The predicted molar refractivity (Wildman–Crippen MR) is 54.9 cm³/mol. The van der Waals surface area contributed by atoms with Gasteiger partial charge in [-0.3, -0.25) is 4.79 Å². The molecule has 0 spiro atoms. The zero-order valence-electron chi connectivity index (χ0n) is 7.27. The van der Waals surface area contributed by atoms with E-state index in [4.69, 9.17) is 22.4 Å². The van der Waals surface area contributed by atoms with E-state index in [2.05, 4.69) is 4.98 Å². The molecule has 1 aromatic rings. The second-order valence-electron chi connectivity index (χ2n) is 2.65. The number of carboxylic acid groups (broad SMARTS) is 1. The Bertz CT molecular complexity index is 377. The number of halogens is 1. The van der Waals surface area contributed by atoms with E-state index in [0.29, 0.717) is 16.4 Å². The van der Waals surface area contributed by atoms with Crippen molar-refractivity contribution in [1.29, 1.82) is 0 Å². The van der Waals surface area contributed by atoms with Crippen LogP contribution in [-0.4, -0.2) is 16.1 Å². The van der Waals surface area contributed by atoms with Crippen molar-refractivity contribution in [3.05, 3.63) is 29.1 Å². The first kappa shape index (κ1) is 10.5. The zero-order valence-corrected chi connectivity index (χ0v) is 8.03. The van der Waals surface area contributed by atoms with Crippen molar-refractivity contribution in [1.82, 2.24) is 4.98 Å².